The van der Waals surface area contributed by atoms with Gasteiger partial charge >= 0.3 is 0 Å². The van der Waals surface area contributed by atoms with Gasteiger partial charge in [0.15, 0.2) is 0 Å². The van der Waals surface area contributed by atoms with E-state index in [1.165, 1.54) is 11.1 Å². The number of benzene rings is 2. The molecule has 0 amide bonds. The van der Waals surface area contributed by atoms with E-state index in [1.54, 1.807) is 0 Å². The second kappa shape index (κ2) is 5.16. The van der Waals surface area contributed by atoms with Crippen molar-refractivity contribution in [3.05, 3.63) is 63.1 Å². The Balaban J connectivity index is 1.89. The third-order valence-electron chi connectivity index (χ3n) is 3.52. The first-order chi connectivity index (χ1) is 9.15. The predicted octanol–water partition coefficient (Wildman–Crippen LogP) is 4.66. The molecule has 0 aliphatic heterocycles. The topological polar surface area (TPSA) is 38.0 Å². The monoisotopic (exact) mass is 336 g/mol. The van der Waals surface area contributed by atoms with E-state index in [2.05, 4.69) is 39.4 Å². The molecular formula is C15H14BrClN2. The highest BCUT2D eigenvalue weighted by Crippen LogP contribution is 2.40. The standard InChI is InChI=1S/C15H14BrClN2/c16-12-7-9(17)5-6-14(12)19-15-8-13(18)10-3-1-2-4-11(10)15/h1-7,13,15,19H,8,18H2. The highest BCUT2D eigenvalue weighted by atomic mass is 79.9. The molecule has 1 aliphatic carbocycles. The van der Waals surface area contributed by atoms with Gasteiger partial charge in [-0.1, -0.05) is 35.9 Å². The minimum Gasteiger partial charge on any atom is -0.377 e. The molecule has 0 radical (unpaired) electrons. The molecule has 0 bridgehead atoms. The van der Waals surface area contributed by atoms with Gasteiger partial charge in [-0.25, -0.2) is 0 Å². The van der Waals surface area contributed by atoms with Crippen molar-refractivity contribution in [1.29, 1.82) is 0 Å². The van der Waals surface area contributed by atoms with E-state index >= 15 is 0 Å². The van der Waals surface area contributed by atoms with Gasteiger partial charge in [0.25, 0.3) is 0 Å². The summed E-state index contributed by atoms with van der Waals surface area (Å²) in [5.41, 5.74) is 9.75. The molecule has 0 fully saturated rings. The summed E-state index contributed by atoms with van der Waals surface area (Å²) in [6, 6.07) is 14.5. The summed E-state index contributed by atoms with van der Waals surface area (Å²) in [6.45, 7) is 0. The second-order valence-electron chi connectivity index (χ2n) is 4.79. The van der Waals surface area contributed by atoms with Crippen molar-refractivity contribution >= 4 is 33.2 Å². The molecule has 2 nitrogen and oxygen atoms in total. The van der Waals surface area contributed by atoms with Crippen molar-refractivity contribution < 1.29 is 0 Å². The number of halogens is 2. The van der Waals surface area contributed by atoms with Gasteiger partial charge in [-0.15, -0.1) is 0 Å². The number of fused-ring (bicyclic) bond motifs is 1. The number of hydrogen-bond donors (Lipinski definition) is 2. The molecule has 3 N–H and O–H groups in total. The maximum Gasteiger partial charge on any atom is 0.0535 e. The quantitative estimate of drug-likeness (QED) is 0.836. The van der Waals surface area contributed by atoms with Crippen LogP contribution in [0.3, 0.4) is 0 Å². The molecule has 19 heavy (non-hydrogen) atoms. The normalized spacial score (nSPS) is 21.2. The first-order valence-corrected chi connectivity index (χ1v) is 7.38. The number of rotatable bonds is 2. The Morgan fingerprint density at radius 3 is 2.63 bits per heavy atom. The van der Waals surface area contributed by atoms with Gasteiger partial charge in [-0.2, -0.15) is 0 Å². The Kier molecular flexibility index (Phi) is 3.52. The van der Waals surface area contributed by atoms with Crippen LogP contribution in [0.2, 0.25) is 5.02 Å². The fourth-order valence-electron chi connectivity index (χ4n) is 2.60. The molecule has 4 heteroatoms. The van der Waals surface area contributed by atoms with Gasteiger partial charge in [0.05, 0.1) is 6.04 Å². The van der Waals surface area contributed by atoms with Crippen LogP contribution in [0.5, 0.6) is 0 Å². The molecule has 3 rings (SSSR count). The lowest BCUT2D eigenvalue weighted by molar-refractivity contribution is 0.648. The van der Waals surface area contributed by atoms with E-state index in [1.807, 2.05) is 24.3 Å². The van der Waals surface area contributed by atoms with Crippen LogP contribution in [0.4, 0.5) is 5.69 Å². The zero-order valence-electron chi connectivity index (χ0n) is 10.2. The first-order valence-electron chi connectivity index (χ1n) is 6.21. The second-order valence-corrected chi connectivity index (χ2v) is 6.08. The molecule has 0 saturated heterocycles. The minimum atomic E-state index is 0.111. The zero-order valence-corrected chi connectivity index (χ0v) is 12.6. The van der Waals surface area contributed by atoms with Crippen LogP contribution in [0.1, 0.15) is 29.6 Å². The zero-order chi connectivity index (χ0) is 13.4. The molecule has 2 atom stereocenters. The lowest BCUT2D eigenvalue weighted by Crippen LogP contribution is -2.10. The molecule has 0 saturated carbocycles. The van der Waals surface area contributed by atoms with Gasteiger partial charge in [0, 0.05) is 21.2 Å². The van der Waals surface area contributed by atoms with Gasteiger partial charge < -0.3 is 11.1 Å². The lowest BCUT2D eigenvalue weighted by atomic mass is 10.1. The summed E-state index contributed by atoms with van der Waals surface area (Å²) < 4.78 is 0.970. The number of hydrogen-bond acceptors (Lipinski definition) is 2. The molecule has 1 aliphatic rings. The Labute approximate surface area is 126 Å². The third-order valence-corrected chi connectivity index (χ3v) is 4.41. The van der Waals surface area contributed by atoms with E-state index < -0.39 is 0 Å². The summed E-state index contributed by atoms with van der Waals surface area (Å²) >= 11 is 9.49. The van der Waals surface area contributed by atoms with Crippen molar-refractivity contribution in [3.63, 3.8) is 0 Å². The predicted molar refractivity (Wildman–Crippen MR) is 83.5 cm³/mol. The highest BCUT2D eigenvalue weighted by molar-refractivity contribution is 9.10. The van der Waals surface area contributed by atoms with Crippen LogP contribution in [-0.2, 0) is 0 Å². The van der Waals surface area contributed by atoms with Crippen molar-refractivity contribution in [2.75, 3.05) is 5.32 Å². The maximum absolute atomic E-state index is 6.18. The largest absolute Gasteiger partial charge is 0.377 e. The molecule has 2 aromatic carbocycles. The van der Waals surface area contributed by atoms with Crippen molar-refractivity contribution in [2.24, 2.45) is 5.73 Å². The van der Waals surface area contributed by atoms with Gasteiger partial charge in [0.2, 0.25) is 0 Å². The Hall–Kier alpha value is -1.03. The minimum absolute atomic E-state index is 0.111. The van der Waals surface area contributed by atoms with Crippen molar-refractivity contribution in [2.45, 2.75) is 18.5 Å². The highest BCUT2D eigenvalue weighted by Gasteiger charge is 2.28. The number of anilines is 1. The van der Waals surface area contributed by atoms with E-state index in [4.69, 9.17) is 17.3 Å². The average Bonchev–Trinajstić information content (AvgIpc) is 2.71. The molecule has 2 unspecified atom stereocenters. The fraction of sp³-hybridized carbons (Fsp3) is 0.200. The summed E-state index contributed by atoms with van der Waals surface area (Å²) in [7, 11) is 0. The maximum atomic E-state index is 6.18. The Bertz CT molecular complexity index is 615. The van der Waals surface area contributed by atoms with Gasteiger partial charge in [-0.3, -0.25) is 0 Å². The number of nitrogens with two attached hydrogens (primary N) is 1. The van der Waals surface area contributed by atoms with E-state index in [-0.39, 0.29) is 12.1 Å². The lowest BCUT2D eigenvalue weighted by Gasteiger charge is -2.17. The molecule has 98 valence electrons. The summed E-state index contributed by atoms with van der Waals surface area (Å²) in [5, 5.41) is 4.26. The number of nitrogens with one attached hydrogen (secondary N) is 1. The molecular weight excluding hydrogens is 324 g/mol. The van der Waals surface area contributed by atoms with Gasteiger partial charge in [-0.05, 0) is 51.7 Å². The van der Waals surface area contributed by atoms with Crippen LogP contribution >= 0.6 is 27.5 Å². The molecule has 0 heterocycles. The average molecular weight is 338 g/mol. The summed E-state index contributed by atoms with van der Waals surface area (Å²) in [5.74, 6) is 0. The van der Waals surface area contributed by atoms with E-state index in [0.29, 0.717) is 0 Å². The Morgan fingerprint density at radius 2 is 1.89 bits per heavy atom. The summed E-state index contributed by atoms with van der Waals surface area (Å²) in [6.07, 6.45) is 0.911. The van der Waals surface area contributed by atoms with Crippen molar-refractivity contribution in [3.8, 4) is 0 Å². The Morgan fingerprint density at radius 1 is 1.16 bits per heavy atom. The van der Waals surface area contributed by atoms with Crippen LogP contribution in [0.15, 0.2) is 46.9 Å². The summed E-state index contributed by atoms with van der Waals surface area (Å²) in [4.78, 5) is 0. The fourth-order valence-corrected chi connectivity index (χ4v) is 3.40. The van der Waals surface area contributed by atoms with Crippen LogP contribution in [-0.4, -0.2) is 0 Å². The van der Waals surface area contributed by atoms with Crippen molar-refractivity contribution in [1.82, 2.24) is 0 Å². The van der Waals surface area contributed by atoms with E-state index in [0.717, 1.165) is 21.6 Å². The SMILES string of the molecule is NC1CC(Nc2ccc(Cl)cc2Br)c2ccccc21. The smallest absolute Gasteiger partial charge is 0.0535 e. The third kappa shape index (κ3) is 2.50. The van der Waals surface area contributed by atoms with Gasteiger partial charge in [0.1, 0.15) is 0 Å². The van der Waals surface area contributed by atoms with Crippen LogP contribution < -0.4 is 11.1 Å². The van der Waals surface area contributed by atoms with Crippen LogP contribution in [0, 0.1) is 0 Å². The van der Waals surface area contributed by atoms with Crippen LogP contribution in [0.25, 0.3) is 0 Å². The molecule has 0 spiro atoms. The molecule has 0 aromatic heterocycles. The molecule has 2 aromatic rings. The van der Waals surface area contributed by atoms with E-state index in [9.17, 15) is 0 Å². The first kappa shape index (κ1) is 13.0.